The van der Waals surface area contributed by atoms with Crippen LogP contribution in [0.15, 0.2) is 48.5 Å². The third-order valence-corrected chi connectivity index (χ3v) is 7.35. The van der Waals surface area contributed by atoms with Crippen LogP contribution in [0, 0.1) is 10.8 Å². The van der Waals surface area contributed by atoms with E-state index in [4.69, 9.17) is 28.4 Å². The van der Waals surface area contributed by atoms with E-state index in [1.165, 1.54) is 14.2 Å². The number of esters is 4. The van der Waals surface area contributed by atoms with E-state index in [9.17, 15) is 19.2 Å². The minimum Gasteiger partial charge on any atom is -0.497 e. The van der Waals surface area contributed by atoms with E-state index in [1.807, 2.05) is 0 Å². The van der Waals surface area contributed by atoms with E-state index in [0.717, 1.165) is 0 Å². The highest BCUT2D eigenvalue weighted by atomic mass is 16.6. The Bertz CT molecular complexity index is 1170. The Morgan fingerprint density at radius 2 is 0.786 bits per heavy atom. The van der Waals surface area contributed by atoms with E-state index in [2.05, 4.69) is 0 Å². The summed E-state index contributed by atoms with van der Waals surface area (Å²) in [4.78, 5) is 56.3. The van der Waals surface area contributed by atoms with Crippen molar-refractivity contribution in [2.75, 3.05) is 40.6 Å². The Morgan fingerprint density at radius 1 is 0.524 bits per heavy atom. The molecule has 0 amide bonds. The first-order valence-corrected chi connectivity index (χ1v) is 13.9. The summed E-state index contributed by atoms with van der Waals surface area (Å²) < 4.78 is 32.4. The normalized spacial score (nSPS) is 15.3. The van der Waals surface area contributed by atoms with Crippen LogP contribution >= 0.6 is 0 Å². The number of carbonyl (C=O) groups is 4. The predicted molar refractivity (Wildman–Crippen MR) is 153 cm³/mol. The molecule has 10 nitrogen and oxygen atoms in total. The van der Waals surface area contributed by atoms with Crippen molar-refractivity contribution in [1.82, 2.24) is 0 Å². The molecule has 0 radical (unpaired) electrons. The number of allylic oxidation sites excluding steroid dienone is 2. The summed E-state index contributed by atoms with van der Waals surface area (Å²) in [7, 11) is 3.08. The fourth-order valence-electron chi connectivity index (χ4n) is 5.35. The third-order valence-electron chi connectivity index (χ3n) is 7.35. The second kappa shape index (κ2) is 14.0. The largest absolute Gasteiger partial charge is 0.497 e. The van der Waals surface area contributed by atoms with E-state index in [-0.39, 0.29) is 26.4 Å². The molecule has 0 aromatic heterocycles. The van der Waals surface area contributed by atoms with Crippen LogP contribution in [0.1, 0.15) is 51.7 Å². The second-order valence-electron chi connectivity index (χ2n) is 9.46. The summed E-state index contributed by atoms with van der Waals surface area (Å²) >= 11 is 0. The van der Waals surface area contributed by atoms with Gasteiger partial charge in [-0.25, -0.2) is 0 Å². The van der Waals surface area contributed by atoms with Crippen LogP contribution in [0.5, 0.6) is 11.5 Å². The highest BCUT2D eigenvalue weighted by molar-refractivity contribution is 6.18. The molecule has 0 unspecified atom stereocenters. The zero-order valence-corrected chi connectivity index (χ0v) is 24.9. The van der Waals surface area contributed by atoms with Crippen molar-refractivity contribution in [2.45, 2.75) is 40.5 Å². The van der Waals surface area contributed by atoms with Crippen LogP contribution in [0.4, 0.5) is 0 Å². The fraction of sp³-hybridized carbons (Fsp3) is 0.438. The lowest BCUT2D eigenvalue weighted by Crippen LogP contribution is -2.64. The zero-order valence-electron chi connectivity index (χ0n) is 24.9. The molecule has 0 spiro atoms. The number of benzene rings is 2. The molecule has 1 aliphatic rings. The zero-order chi connectivity index (χ0) is 30.9. The van der Waals surface area contributed by atoms with Crippen molar-refractivity contribution in [3.05, 3.63) is 59.7 Å². The smallest absolute Gasteiger partial charge is 0.325 e. The van der Waals surface area contributed by atoms with Gasteiger partial charge >= 0.3 is 23.9 Å². The number of ether oxygens (including phenoxy) is 6. The molecule has 0 heterocycles. The van der Waals surface area contributed by atoms with Crippen LogP contribution in [0.25, 0.3) is 11.1 Å². The molecule has 3 rings (SSSR count). The van der Waals surface area contributed by atoms with Gasteiger partial charge in [0.15, 0.2) is 10.8 Å². The van der Waals surface area contributed by atoms with E-state index < -0.39 is 47.5 Å². The van der Waals surface area contributed by atoms with E-state index in [1.54, 1.807) is 76.2 Å². The van der Waals surface area contributed by atoms with Crippen molar-refractivity contribution in [3.63, 3.8) is 0 Å². The van der Waals surface area contributed by atoms with Crippen molar-refractivity contribution in [2.24, 2.45) is 10.8 Å². The van der Waals surface area contributed by atoms with Crippen LogP contribution in [0.3, 0.4) is 0 Å². The lowest BCUT2D eigenvalue weighted by molar-refractivity contribution is -0.203. The summed E-state index contributed by atoms with van der Waals surface area (Å²) in [6.45, 7) is 5.81. The minimum atomic E-state index is -2.46. The Morgan fingerprint density at radius 3 is 1.00 bits per heavy atom. The molecule has 42 heavy (non-hydrogen) atoms. The summed E-state index contributed by atoms with van der Waals surface area (Å²) in [5.74, 6) is -3.13. The van der Waals surface area contributed by atoms with Gasteiger partial charge in [0.05, 0.1) is 40.6 Å². The molecule has 0 N–H and O–H groups in total. The summed E-state index contributed by atoms with van der Waals surface area (Å²) in [5.41, 5.74) is -2.56. The van der Waals surface area contributed by atoms with Crippen LogP contribution in [0.2, 0.25) is 0 Å². The second-order valence-corrected chi connectivity index (χ2v) is 9.46. The molecule has 1 aliphatic carbocycles. The first-order valence-electron chi connectivity index (χ1n) is 13.9. The van der Waals surface area contributed by atoms with Crippen molar-refractivity contribution >= 4 is 35.0 Å². The molecule has 0 bridgehead atoms. The Labute approximate surface area is 245 Å². The molecule has 10 heteroatoms. The number of rotatable bonds is 12. The molecule has 0 saturated carbocycles. The highest BCUT2D eigenvalue weighted by Crippen LogP contribution is 2.59. The minimum absolute atomic E-state index is 0.116. The van der Waals surface area contributed by atoms with Crippen LogP contribution in [-0.2, 0) is 38.1 Å². The van der Waals surface area contributed by atoms with Gasteiger partial charge in [-0.05, 0) is 74.2 Å². The molecule has 0 saturated heterocycles. The maximum Gasteiger partial charge on any atom is 0.325 e. The number of hydrogen-bond donors (Lipinski definition) is 0. The Hall–Kier alpha value is -4.34. The summed E-state index contributed by atoms with van der Waals surface area (Å²) in [6.07, 6.45) is -0.814. The third kappa shape index (κ3) is 5.70. The molecule has 0 fully saturated rings. The van der Waals surface area contributed by atoms with Gasteiger partial charge in [-0.1, -0.05) is 24.3 Å². The van der Waals surface area contributed by atoms with Gasteiger partial charge in [0.2, 0.25) is 0 Å². The lowest BCUT2D eigenvalue weighted by atomic mass is 9.53. The van der Waals surface area contributed by atoms with Gasteiger partial charge in [-0.2, -0.15) is 0 Å². The van der Waals surface area contributed by atoms with Gasteiger partial charge < -0.3 is 28.4 Å². The Kier molecular flexibility index (Phi) is 10.7. The summed E-state index contributed by atoms with van der Waals surface area (Å²) in [6, 6.07) is 14.1. The maximum absolute atomic E-state index is 14.1. The van der Waals surface area contributed by atoms with Crippen molar-refractivity contribution in [1.29, 1.82) is 0 Å². The van der Waals surface area contributed by atoms with Crippen molar-refractivity contribution in [3.8, 4) is 11.5 Å². The van der Waals surface area contributed by atoms with Crippen molar-refractivity contribution < 1.29 is 47.6 Å². The van der Waals surface area contributed by atoms with Crippen LogP contribution in [-0.4, -0.2) is 64.5 Å². The van der Waals surface area contributed by atoms with Gasteiger partial charge in [0, 0.05) is 12.8 Å². The molecule has 226 valence electrons. The van der Waals surface area contributed by atoms with E-state index in [0.29, 0.717) is 33.8 Å². The molecular formula is C32H38O10. The predicted octanol–water partition coefficient (Wildman–Crippen LogP) is 4.63. The SMILES string of the molecule is CCOC(=O)C1(C(=O)OCC)CC(c2ccc(OC)cc2)=C(c2ccc(OC)cc2)CC1(C(=O)OCC)C(=O)OCC. The summed E-state index contributed by atoms with van der Waals surface area (Å²) in [5, 5.41) is 0. The fourth-order valence-corrected chi connectivity index (χ4v) is 5.35. The lowest BCUT2D eigenvalue weighted by Gasteiger charge is -2.47. The molecule has 2 aromatic carbocycles. The van der Waals surface area contributed by atoms with Crippen LogP contribution < -0.4 is 9.47 Å². The average molecular weight is 583 g/mol. The number of carbonyl (C=O) groups excluding carboxylic acids is 4. The van der Waals surface area contributed by atoms with Gasteiger partial charge in [0.25, 0.3) is 0 Å². The average Bonchev–Trinajstić information content (AvgIpc) is 3.00. The topological polar surface area (TPSA) is 124 Å². The van der Waals surface area contributed by atoms with E-state index >= 15 is 0 Å². The quantitative estimate of drug-likeness (QED) is 0.199. The Balaban J connectivity index is 2.52. The molecule has 0 atom stereocenters. The first-order chi connectivity index (χ1) is 20.2. The van der Waals surface area contributed by atoms with Gasteiger partial charge in [-0.15, -0.1) is 0 Å². The molecule has 2 aromatic rings. The van der Waals surface area contributed by atoms with Gasteiger partial charge in [0.1, 0.15) is 11.5 Å². The maximum atomic E-state index is 14.1. The molecule has 0 aliphatic heterocycles. The standard InChI is InChI=1S/C32H38O10/c1-7-39-27(33)31(28(34)40-8-2)19-25(21-11-15-23(37-5)16-12-21)26(22-13-17-24(38-6)18-14-22)20-32(31,29(35)41-9-3)30(36)42-10-4/h11-18H,7-10,19-20H2,1-6H3. The number of methoxy groups -OCH3 is 2. The monoisotopic (exact) mass is 582 g/mol. The van der Waals surface area contributed by atoms with Gasteiger partial charge in [-0.3, -0.25) is 19.2 Å². The number of hydrogen-bond acceptors (Lipinski definition) is 10. The first kappa shape index (κ1) is 32.2. The molecular weight excluding hydrogens is 544 g/mol. The highest BCUT2D eigenvalue weighted by Gasteiger charge is 2.75.